The van der Waals surface area contributed by atoms with Gasteiger partial charge in [-0.05, 0) is 43.2 Å². The van der Waals surface area contributed by atoms with Gasteiger partial charge in [-0.1, -0.05) is 29.3 Å². The fourth-order valence-corrected chi connectivity index (χ4v) is 4.20. The molecular formula is C21H25Cl2N3O4S. The van der Waals surface area contributed by atoms with Crippen molar-refractivity contribution in [2.75, 3.05) is 37.2 Å². The molecule has 1 heterocycles. The van der Waals surface area contributed by atoms with E-state index in [4.69, 9.17) is 27.9 Å². The smallest absolute Gasteiger partial charge is 0.251 e. The van der Waals surface area contributed by atoms with Gasteiger partial charge in [0.1, 0.15) is 11.9 Å². The molecule has 1 amide bonds. The average Bonchev–Trinajstić information content (AvgIpc) is 2.71. The normalized spacial score (nSPS) is 15.5. The Kier molecular flexibility index (Phi) is 8.05. The number of halogens is 2. The van der Waals surface area contributed by atoms with Crippen LogP contribution < -0.4 is 14.8 Å². The van der Waals surface area contributed by atoms with Crippen LogP contribution in [0, 0.1) is 0 Å². The minimum absolute atomic E-state index is 0.119. The van der Waals surface area contributed by atoms with E-state index >= 15 is 0 Å². The molecule has 0 aromatic heterocycles. The zero-order valence-corrected chi connectivity index (χ0v) is 19.4. The molecule has 2 aromatic rings. The second-order valence-electron chi connectivity index (χ2n) is 7.45. The molecular weight excluding hydrogens is 461 g/mol. The summed E-state index contributed by atoms with van der Waals surface area (Å²) in [4.78, 5) is 14.6. The fraction of sp³-hybridized carbons (Fsp3) is 0.381. The van der Waals surface area contributed by atoms with E-state index < -0.39 is 10.0 Å². The highest BCUT2D eigenvalue weighted by Gasteiger charge is 2.20. The van der Waals surface area contributed by atoms with Crippen molar-refractivity contribution < 1.29 is 17.9 Å². The Morgan fingerprint density at radius 3 is 2.55 bits per heavy atom. The zero-order valence-electron chi connectivity index (χ0n) is 17.1. The second-order valence-corrected chi connectivity index (χ2v) is 10.0. The predicted molar refractivity (Wildman–Crippen MR) is 124 cm³/mol. The van der Waals surface area contributed by atoms with Crippen LogP contribution in [0.1, 0.15) is 23.2 Å². The highest BCUT2D eigenvalue weighted by atomic mass is 35.5. The van der Waals surface area contributed by atoms with Crippen molar-refractivity contribution in [2.45, 2.75) is 18.9 Å². The lowest BCUT2D eigenvalue weighted by atomic mass is 10.1. The lowest BCUT2D eigenvalue weighted by molar-refractivity contribution is 0.0905. The van der Waals surface area contributed by atoms with E-state index in [0.717, 1.165) is 38.7 Å². The highest BCUT2D eigenvalue weighted by molar-refractivity contribution is 7.92. The first-order chi connectivity index (χ1) is 14.7. The Hall–Kier alpha value is -2.00. The summed E-state index contributed by atoms with van der Waals surface area (Å²) in [6.07, 6.45) is 2.95. The number of carbonyl (C=O) groups is 1. The van der Waals surface area contributed by atoms with E-state index in [0.29, 0.717) is 33.6 Å². The number of piperidine rings is 1. The third-order valence-corrected chi connectivity index (χ3v) is 6.22. The summed E-state index contributed by atoms with van der Waals surface area (Å²) in [5.41, 5.74) is 0.765. The fourth-order valence-electron chi connectivity index (χ4n) is 3.36. The van der Waals surface area contributed by atoms with Gasteiger partial charge >= 0.3 is 0 Å². The molecule has 0 spiro atoms. The van der Waals surface area contributed by atoms with Crippen LogP contribution >= 0.6 is 23.2 Å². The summed E-state index contributed by atoms with van der Waals surface area (Å²) in [6.45, 7) is 2.97. The number of nitrogens with zero attached hydrogens (tertiary/aromatic N) is 1. The monoisotopic (exact) mass is 485 g/mol. The van der Waals surface area contributed by atoms with Gasteiger partial charge in [0.15, 0.2) is 0 Å². The van der Waals surface area contributed by atoms with Crippen molar-refractivity contribution in [3.63, 3.8) is 0 Å². The summed E-state index contributed by atoms with van der Waals surface area (Å²) < 4.78 is 31.1. The van der Waals surface area contributed by atoms with E-state index in [2.05, 4.69) is 14.9 Å². The minimum atomic E-state index is -3.39. The molecule has 0 saturated carbocycles. The van der Waals surface area contributed by atoms with Crippen molar-refractivity contribution in [3.05, 3.63) is 58.1 Å². The SMILES string of the molecule is CS(=O)(=O)Nc1cccc(C(=O)NCCN2CCC(Oc3ccc(Cl)c(Cl)c3)CC2)c1. The van der Waals surface area contributed by atoms with Gasteiger partial charge < -0.3 is 15.0 Å². The molecule has 31 heavy (non-hydrogen) atoms. The van der Waals surface area contributed by atoms with Gasteiger partial charge in [0.05, 0.1) is 16.3 Å². The molecule has 0 unspecified atom stereocenters. The van der Waals surface area contributed by atoms with Crippen LogP contribution in [0.2, 0.25) is 10.0 Å². The molecule has 1 fully saturated rings. The summed E-state index contributed by atoms with van der Waals surface area (Å²) >= 11 is 12.0. The van der Waals surface area contributed by atoms with Gasteiger partial charge in [-0.25, -0.2) is 8.42 Å². The van der Waals surface area contributed by atoms with E-state index in [9.17, 15) is 13.2 Å². The molecule has 2 aromatic carbocycles. The lowest BCUT2D eigenvalue weighted by Crippen LogP contribution is -2.42. The molecule has 7 nitrogen and oxygen atoms in total. The van der Waals surface area contributed by atoms with Crippen LogP contribution in [0.15, 0.2) is 42.5 Å². The Labute approximate surface area is 192 Å². The van der Waals surface area contributed by atoms with E-state index in [1.165, 1.54) is 6.07 Å². The highest BCUT2D eigenvalue weighted by Crippen LogP contribution is 2.28. The molecule has 0 bridgehead atoms. The number of sulfonamides is 1. The summed E-state index contributed by atoms with van der Waals surface area (Å²) in [7, 11) is -3.39. The summed E-state index contributed by atoms with van der Waals surface area (Å²) in [6, 6.07) is 11.7. The first-order valence-corrected chi connectivity index (χ1v) is 12.5. The third-order valence-electron chi connectivity index (χ3n) is 4.87. The quantitative estimate of drug-likeness (QED) is 0.595. The number of hydrogen-bond acceptors (Lipinski definition) is 5. The number of rotatable bonds is 8. The number of carbonyl (C=O) groups excluding carboxylic acids is 1. The largest absolute Gasteiger partial charge is 0.490 e. The Bertz CT molecular complexity index is 1030. The number of benzene rings is 2. The second kappa shape index (κ2) is 10.5. The molecule has 0 radical (unpaired) electrons. The lowest BCUT2D eigenvalue weighted by Gasteiger charge is -2.32. The molecule has 168 valence electrons. The molecule has 0 aliphatic carbocycles. The van der Waals surface area contributed by atoms with Crippen molar-refractivity contribution >= 4 is 44.8 Å². The van der Waals surface area contributed by atoms with Gasteiger partial charge in [0, 0.05) is 43.5 Å². The standard InChI is InChI=1S/C21H25Cl2N3O4S/c1-31(28,29)25-16-4-2-3-15(13-16)21(27)24-9-12-26-10-7-17(8-11-26)30-18-5-6-19(22)20(23)14-18/h2-6,13-14,17,25H,7-12H2,1H3,(H,24,27). The maximum atomic E-state index is 12.4. The first kappa shape index (κ1) is 23.7. The van der Waals surface area contributed by atoms with Crippen molar-refractivity contribution in [1.82, 2.24) is 10.2 Å². The van der Waals surface area contributed by atoms with Crippen LogP contribution in [0.5, 0.6) is 5.75 Å². The minimum Gasteiger partial charge on any atom is -0.490 e. The van der Waals surface area contributed by atoms with Crippen LogP contribution in [0.3, 0.4) is 0 Å². The molecule has 10 heteroatoms. The van der Waals surface area contributed by atoms with E-state index in [1.54, 1.807) is 30.3 Å². The Morgan fingerprint density at radius 1 is 1.13 bits per heavy atom. The number of amides is 1. The van der Waals surface area contributed by atoms with Crippen LogP contribution in [-0.4, -0.2) is 57.8 Å². The molecule has 1 aliphatic rings. The number of anilines is 1. The maximum Gasteiger partial charge on any atom is 0.251 e. The summed E-state index contributed by atoms with van der Waals surface area (Å²) in [5.74, 6) is 0.475. The molecule has 1 aliphatic heterocycles. The topological polar surface area (TPSA) is 87.7 Å². The summed E-state index contributed by atoms with van der Waals surface area (Å²) in [5, 5.41) is 3.86. The number of ether oxygens (including phenoxy) is 1. The van der Waals surface area contributed by atoms with E-state index in [-0.39, 0.29) is 12.0 Å². The van der Waals surface area contributed by atoms with Gasteiger partial charge in [0.25, 0.3) is 5.91 Å². The van der Waals surface area contributed by atoms with Crippen LogP contribution in [-0.2, 0) is 10.0 Å². The molecule has 1 saturated heterocycles. The zero-order chi connectivity index (χ0) is 22.4. The van der Waals surface area contributed by atoms with Gasteiger partial charge in [-0.15, -0.1) is 0 Å². The third kappa shape index (κ3) is 7.57. The Morgan fingerprint density at radius 2 is 1.87 bits per heavy atom. The maximum absolute atomic E-state index is 12.4. The van der Waals surface area contributed by atoms with Gasteiger partial charge in [0.2, 0.25) is 10.0 Å². The van der Waals surface area contributed by atoms with Crippen molar-refractivity contribution in [1.29, 1.82) is 0 Å². The van der Waals surface area contributed by atoms with Crippen LogP contribution in [0.4, 0.5) is 5.69 Å². The molecule has 3 rings (SSSR count). The van der Waals surface area contributed by atoms with Crippen molar-refractivity contribution in [2.24, 2.45) is 0 Å². The number of likely N-dealkylation sites (tertiary alicyclic amines) is 1. The Balaban J connectivity index is 1.40. The number of hydrogen-bond donors (Lipinski definition) is 2. The number of nitrogens with one attached hydrogen (secondary N) is 2. The molecule has 2 N–H and O–H groups in total. The molecule has 0 atom stereocenters. The van der Waals surface area contributed by atoms with Gasteiger partial charge in [-0.2, -0.15) is 0 Å². The van der Waals surface area contributed by atoms with Crippen LogP contribution in [0.25, 0.3) is 0 Å². The predicted octanol–water partition coefficient (Wildman–Crippen LogP) is 3.64. The van der Waals surface area contributed by atoms with E-state index in [1.807, 2.05) is 6.07 Å². The average molecular weight is 486 g/mol. The van der Waals surface area contributed by atoms with Gasteiger partial charge in [-0.3, -0.25) is 9.52 Å². The first-order valence-electron chi connectivity index (χ1n) is 9.90. The van der Waals surface area contributed by atoms with Crippen molar-refractivity contribution in [3.8, 4) is 5.75 Å².